The normalized spacial score (nSPS) is 14.4. The van der Waals surface area contributed by atoms with Gasteiger partial charge in [0.2, 0.25) is 5.91 Å². The first-order chi connectivity index (χ1) is 10.2. The van der Waals surface area contributed by atoms with E-state index in [2.05, 4.69) is 10.2 Å². The maximum atomic E-state index is 12.2. The molecule has 1 fully saturated rings. The number of hydrogen-bond donors (Lipinski definition) is 1. The van der Waals surface area contributed by atoms with Crippen LogP contribution in [0.5, 0.6) is 0 Å². The highest BCUT2D eigenvalue weighted by atomic mass is 35.5. The lowest BCUT2D eigenvalue weighted by Gasteiger charge is -2.21. The number of nitrogens with zero attached hydrogens (tertiary/aromatic N) is 1. The number of rotatable bonds is 4. The van der Waals surface area contributed by atoms with Gasteiger partial charge in [0.25, 0.3) is 0 Å². The number of nitrogens with one attached hydrogen (secondary N) is 1. The van der Waals surface area contributed by atoms with Gasteiger partial charge in [-0.05, 0) is 53.4 Å². The SMILES string of the molecule is O=C(Cc1ccsc1)Nc1cc(Cl)ccc1N1CCCC1. The van der Waals surface area contributed by atoms with Crippen molar-refractivity contribution in [3.8, 4) is 0 Å². The number of halogens is 1. The maximum Gasteiger partial charge on any atom is 0.228 e. The fraction of sp³-hybridized carbons (Fsp3) is 0.312. The van der Waals surface area contributed by atoms with Crippen molar-refractivity contribution in [1.29, 1.82) is 0 Å². The molecule has 1 N–H and O–H groups in total. The molecule has 1 saturated heterocycles. The Morgan fingerprint density at radius 3 is 2.81 bits per heavy atom. The fourth-order valence-electron chi connectivity index (χ4n) is 2.62. The molecule has 0 saturated carbocycles. The van der Waals surface area contributed by atoms with E-state index in [4.69, 9.17) is 11.6 Å². The summed E-state index contributed by atoms with van der Waals surface area (Å²) in [7, 11) is 0. The highest BCUT2D eigenvalue weighted by Crippen LogP contribution is 2.31. The van der Waals surface area contributed by atoms with E-state index in [-0.39, 0.29) is 5.91 Å². The van der Waals surface area contributed by atoms with E-state index < -0.39 is 0 Å². The predicted octanol–water partition coefficient (Wildman–Crippen LogP) is 4.18. The second-order valence-electron chi connectivity index (χ2n) is 5.21. The van der Waals surface area contributed by atoms with Crippen LogP contribution in [0.3, 0.4) is 0 Å². The molecular weight excluding hydrogens is 304 g/mol. The molecule has 1 aliphatic rings. The molecule has 0 atom stereocenters. The van der Waals surface area contributed by atoms with Crippen LogP contribution in [-0.2, 0) is 11.2 Å². The van der Waals surface area contributed by atoms with Gasteiger partial charge in [0.05, 0.1) is 17.8 Å². The van der Waals surface area contributed by atoms with Crippen LogP contribution in [0.1, 0.15) is 18.4 Å². The Hall–Kier alpha value is -1.52. The number of benzene rings is 1. The van der Waals surface area contributed by atoms with Gasteiger partial charge in [0.1, 0.15) is 0 Å². The lowest BCUT2D eigenvalue weighted by molar-refractivity contribution is -0.115. The first-order valence-electron chi connectivity index (χ1n) is 7.08. The first kappa shape index (κ1) is 14.4. The second-order valence-corrected chi connectivity index (χ2v) is 6.43. The molecule has 0 bridgehead atoms. The summed E-state index contributed by atoms with van der Waals surface area (Å²) in [6, 6.07) is 7.68. The van der Waals surface area contributed by atoms with Crippen molar-refractivity contribution in [3.63, 3.8) is 0 Å². The van der Waals surface area contributed by atoms with Gasteiger partial charge >= 0.3 is 0 Å². The van der Waals surface area contributed by atoms with Crippen LogP contribution in [0.15, 0.2) is 35.0 Å². The summed E-state index contributed by atoms with van der Waals surface area (Å²) in [5.41, 5.74) is 2.92. The standard InChI is InChI=1S/C16H17ClN2OS/c17-13-3-4-15(19-6-1-2-7-19)14(10-13)18-16(20)9-12-5-8-21-11-12/h3-5,8,10-11H,1-2,6-7,9H2,(H,18,20). The quantitative estimate of drug-likeness (QED) is 0.916. The van der Waals surface area contributed by atoms with Gasteiger partial charge in [-0.25, -0.2) is 0 Å². The molecule has 5 heteroatoms. The molecular formula is C16H17ClN2OS. The average Bonchev–Trinajstić information content (AvgIpc) is 3.11. The molecule has 0 radical (unpaired) electrons. The van der Waals surface area contributed by atoms with Gasteiger partial charge in [-0.3, -0.25) is 4.79 Å². The minimum absolute atomic E-state index is 0.00360. The summed E-state index contributed by atoms with van der Waals surface area (Å²) in [6.45, 7) is 2.07. The molecule has 1 aromatic heterocycles. The van der Waals surface area contributed by atoms with Crippen LogP contribution in [0.25, 0.3) is 0 Å². The van der Waals surface area contributed by atoms with Crippen molar-refractivity contribution >= 4 is 40.2 Å². The Balaban J connectivity index is 1.76. The van der Waals surface area contributed by atoms with E-state index in [0.717, 1.165) is 30.0 Å². The molecule has 0 unspecified atom stereocenters. The van der Waals surface area contributed by atoms with E-state index in [1.807, 2.05) is 35.0 Å². The van der Waals surface area contributed by atoms with E-state index in [0.29, 0.717) is 11.4 Å². The third-order valence-electron chi connectivity index (χ3n) is 3.62. The Labute approximate surface area is 133 Å². The number of amides is 1. The van der Waals surface area contributed by atoms with Gasteiger partial charge in [-0.2, -0.15) is 11.3 Å². The van der Waals surface area contributed by atoms with Gasteiger partial charge in [0, 0.05) is 18.1 Å². The number of hydrogen-bond acceptors (Lipinski definition) is 3. The first-order valence-corrected chi connectivity index (χ1v) is 8.40. The molecule has 3 nitrogen and oxygen atoms in total. The largest absolute Gasteiger partial charge is 0.370 e. The number of anilines is 2. The highest BCUT2D eigenvalue weighted by molar-refractivity contribution is 7.08. The van der Waals surface area contributed by atoms with E-state index in [1.54, 1.807) is 11.3 Å². The fourth-order valence-corrected chi connectivity index (χ4v) is 3.46. The van der Waals surface area contributed by atoms with Gasteiger partial charge in [0.15, 0.2) is 0 Å². The van der Waals surface area contributed by atoms with Gasteiger partial charge in [-0.1, -0.05) is 11.6 Å². The van der Waals surface area contributed by atoms with Crippen LogP contribution in [0, 0.1) is 0 Å². The third-order valence-corrected chi connectivity index (χ3v) is 4.59. The molecule has 110 valence electrons. The maximum absolute atomic E-state index is 12.2. The Bertz CT molecular complexity index is 621. The number of carbonyl (C=O) groups excluding carboxylic acids is 1. The van der Waals surface area contributed by atoms with Crippen LogP contribution in [-0.4, -0.2) is 19.0 Å². The van der Waals surface area contributed by atoms with Crippen LogP contribution in [0.4, 0.5) is 11.4 Å². The van der Waals surface area contributed by atoms with E-state index >= 15 is 0 Å². The summed E-state index contributed by atoms with van der Waals surface area (Å²) >= 11 is 7.69. The summed E-state index contributed by atoms with van der Waals surface area (Å²) in [4.78, 5) is 14.5. The summed E-state index contributed by atoms with van der Waals surface area (Å²) in [5, 5.41) is 7.63. The molecule has 0 spiro atoms. The third kappa shape index (κ3) is 3.57. The van der Waals surface area contributed by atoms with Crippen molar-refractivity contribution in [2.45, 2.75) is 19.3 Å². The summed E-state index contributed by atoms with van der Waals surface area (Å²) < 4.78 is 0. The zero-order valence-electron chi connectivity index (χ0n) is 11.6. The van der Waals surface area contributed by atoms with Crippen molar-refractivity contribution in [2.24, 2.45) is 0 Å². The smallest absolute Gasteiger partial charge is 0.228 e. The van der Waals surface area contributed by atoms with Crippen molar-refractivity contribution in [1.82, 2.24) is 0 Å². The molecule has 2 heterocycles. The predicted molar refractivity (Wildman–Crippen MR) is 89.6 cm³/mol. The average molecular weight is 321 g/mol. The van der Waals surface area contributed by atoms with Crippen molar-refractivity contribution in [2.75, 3.05) is 23.3 Å². The van der Waals surface area contributed by atoms with Crippen molar-refractivity contribution in [3.05, 3.63) is 45.6 Å². The zero-order chi connectivity index (χ0) is 14.7. The number of thiophene rings is 1. The highest BCUT2D eigenvalue weighted by Gasteiger charge is 2.17. The second kappa shape index (κ2) is 6.50. The topological polar surface area (TPSA) is 32.3 Å². The molecule has 1 aliphatic heterocycles. The monoisotopic (exact) mass is 320 g/mol. The van der Waals surface area contributed by atoms with Crippen LogP contribution >= 0.6 is 22.9 Å². The molecule has 21 heavy (non-hydrogen) atoms. The lowest BCUT2D eigenvalue weighted by Crippen LogP contribution is -2.21. The van der Waals surface area contributed by atoms with Gasteiger partial charge in [-0.15, -0.1) is 0 Å². The Kier molecular flexibility index (Phi) is 4.46. The molecule has 3 rings (SSSR count). The lowest BCUT2D eigenvalue weighted by atomic mass is 10.2. The minimum Gasteiger partial charge on any atom is -0.370 e. The summed E-state index contributed by atoms with van der Waals surface area (Å²) in [5.74, 6) is -0.00360. The Morgan fingerprint density at radius 2 is 2.10 bits per heavy atom. The van der Waals surface area contributed by atoms with Crippen LogP contribution < -0.4 is 10.2 Å². The zero-order valence-corrected chi connectivity index (χ0v) is 13.2. The number of carbonyl (C=O) groups is 1. The summed E-state index contributed by atoms with van der Waals surface area (Å²) in [6.07, 6.45) is 2.80. The van der Waals surface area contributed by atoms with E-state index in [9.17, 15) is 4.79 Å². The van der Waals surface area contributed by atoms with E-state index in [1.165, 1.54) is 12.8 Å². The van der Waals surface area contributed by atoms with Crippen molar-refractivity contribution < 1.29 is 4.79 Å². The molecule has 1 amide bonds. The van der Waals surface area contributed by atoms with Gasteiger partial charge < -0.3 is 10.2 Å². The minimum atomic E-state index is -0.00360. The van der Waals surface area contributed by atoms with Crippen LogP contribution in [0.2, 0.25) is 5.02 Å². The molecule has 0 aliphatic carbocycles. The molecule has 2 aromatic rings. The molecule has 1 aromatic carbocycles. The Morgan fingerprint density at radius 1 is 1.29 bits per heavy atom.